The molecular formula is C22H31N3O3. The first kappa shape index (κ1) is 20.6. The fourth-order valence-electron chi connectivity index (χ4n) is 3.86. The monoisotopic (exact) mass is 385 g/mol. The van der Waals surface area contributed by atoms with Gasteiger partial charge in [-0.2, -0.15) is 0 Å². The normalized spacial score (nSPS) is 20.4. The van der Waals surface area contributed by atoms with Crippen molar-refractivity contribution in [3.05, 3.63) is 52.9 Å². The van der Waals surface area contributed by atoms with E-state index in [-0.39, 0.29) is 12.5 Å². The van der Waals surface area contributed by atoms with E-state index >= 15 is 0 Å². The first-order valence-electron chi connectivity index (χ1n) is 9.98. The van der Waals surface area contributed by atoms with E-state index in [4.69, 9.17) is 4.52 Å². The minimum Gasteiger partial charge on any atom is -0.379 e. The van der Waals surface area contributed by atoms with Crippen LogP contribution in [0, 0.1) is 6.92 Å². The van der Waals surface area contributed by atoms with Crippen LogP contribution in [0.4, 0.5) is 0 Å². The van der Waals surface area contributed by atoms with Crippen molar-refractivity contribution in [2.75, 3.05) is 20.1 Å². The largest absolute Gasteiger partial charge is 0.379 e. The molecule has 0 aliphatic carbocycles. The lowest BCUT2D eigenvalue weighted by Gasteiger charge is -2.40. The summed E-state index contributed by atoms with van der Waals surface area (Å²) in [6.45, 7) is 8.20. The molecule has 152 valence electrons. The van der Waals surface area contributed by atoms with Crippen molar-refractivity contribution in [2.24, 2.45) is 0 Å². The van der Waals surface area contributed by atoms with Gasteiger partial charge < -0.3 is 14.5 Å². The van der Waals surface area contributed by atoms with Crippen molar-refractivity contribution in [3.63, 3.8) is 0 Å². The molecule has 1 aromatic carbocycles. The summed E-state index contributed by atoms with van der Waals surface area (Å²) >= 11 is 0. The van der Waals surface area contributed by atoms with Gasteiger partial charge in [0.15, 0.2) is 5.60 Å². The first-order chi connectivity index (χ1) is 13.3. The van der Waals surface area contributed by atoms with Crippen molar-refractivity contribution in [2.45, 2.75) is 58.2 Å². The van der Waals surface area contributed by atoms with Crippen molar-refractivity contribution in [1.29, 1.82) is 0 Å². The summed E-state index contributed by atoms with van der Waals surface area (Å²) in [5, 5.41) is 15.1. The molecule has 2 aromatic rings. The number of aryl methyl sites for hydroxylation is 1. The van der Waals surface area contributed by atoms with Gasteiger partial charge in [0.1, 0.15) is 5.76 Å². The topological polar surface area (TPSA) is 69.8 Å². The Balaban J connectivity index is 1.63. The molecule has 1 saturated heterocycles. The lowest BCUT2D eigenvalue weighted by atomic mass is 9.90. The number of aromatic nitrogens is 1. The maximum absolute atomic E-state index is 13.0. The van der Waals surface area contributed by atoms with Crippen LogP contribution >= 0.6 is 0 Å². The zero-order chi connectivity index (χ0) is 20.3. The van der Waals surface area contributed by atoms with E-state index in [9.17, 15) is 9.90 Å². The molecule has 1 atom stereocenters. The number of nitrogens with zero attached hydrogens (tertiary/aromatic N) is 3. The van der Waals surface area contributed by atoms with Crippen LogP contribution in [0.25, 0.3) is 0 Å². The molecule has 1 aliphatic heterocycles. The zero-order valence-electron chi connectivity index (χ0n) is 17.3. The third-order valence-electron chi connectivity index (χ3n) is 5.36. The number of carbonyl (C=O) groups is 1. The van der Waals surface area contributed by atoms with Crippen LogP contribution in [0.1, 0.15) is 55.2 Å². The molecule has 1 fully saturated rings. The van der Waals surface area contributed by atoms with E-state index in [0.29, 0.717) is 32.0 Å². The number of carbonyl (C=O) groups excluding carboxylic acids is 1. The number of aliphatic hydroxyl groups is 1. The van der Waals surface area contributed by atoms with Gasteiger partial charge in [-0.15, -0.1) is 0 Å². The Bertz CT molecular complexity index is 800. The second-order valence-electron chi connectivity index (χ2n) is 8.36. The van der Waals surface area contributed by atoms with Gasteiger partial charge in [0.2, 0.25) is 0 Å². The summed E-state index contributed by atoms with van der Waals surface area (Å²) in [4.78, 5) is 16.7. The van der Waals surface area contributed by atoms with Crippen LogP contribution in [0.2, 0.25) is 0 Å². The summed E-state index contributed by atoms with van der Waals surface area (Å²) in [6.07, 6.45) is 1.28. The quantitative estimate of drug-likeness (QED) is 0.793. The predicted molar refractivity (Wildman–Crippen MR) is 108 cm³/mol. The molecule has 6 heteroatoms. The summed E-state index contributed by atoms with van der Waals surface area (Å²) in [5.41, 5.74) is 1.82. The first-order valence-corrected chi connectivity index (χ1v) is 9.98. The van der Waals surface area contributed by atoms with Crippen molar-refractivity contribution < 1.29 is 14.4 Å². The van der Waals surface area contributed by atoms with E-state index in [1.807, 2.05) is 24.9 Å². The Morgan fingerprint density at radius 3 is 2.64 bits per heavy atom. The predicted octanol–water partition coefficient (Wildman–Crippen LogP) is 3.09. The molecule has 0 saturated carbocycles. The molecule has 0 bridgehead atoms. The van der Waals surface area contributed by atoms with E-state index in [1.54, 1.807) is 4.90 Å². The number of hydrogen-bond acceptors (Lipinski definition) is 5. The molecule has 1 N–H and O–H groups in total. The smallest absolute Gasteiger partial charge is 0.256 e. The van der Waals surface area contributed by atoms with Crippen LogP contribution < -0.4 is 0 Å². The third-order valence-corrected chi connectivity index (χ3v) is 5.36. The second kappa shape index (κ2) is 8.45. The Labute approximate surface area is 167 Å². The minimum absolute atomic E-state index is 0.185. The Kier molecular flexibility index (Phi) is 6.20. The average molecular weight is 386 g/mol. The summed E-state index contributed by atoms with van der Waals surface area (Å²) in [7, 11) is 1.89. The van der Waals surface area contributed by atoms with Crippen LogP contribution in [-0.4, -0.2) is 51.7 Å². The fourth-order valence-corrected chi connectivity index (χ4v) is 3.86. The highest BCUT2D eigenvalue weighted by atomic mass is 16.5. The Morgan fingerprint density at radius 1 is 1.32 bits per heavy atom. The lowest BCUT2D eigenvalue weighted by molar-refractivity contribution is -0.160. The molecular weight excluding hydrogens is 354 g/mol. The van der Waals surface area contributed by atoms with Crippen molar-refractivity contribution in [1.82, 2.24) is 15.0 Å². The molecule has 28 heavy (non-hydrogen) atoms. The molecule has 2 heterocycles. The van der Waals surface area contributed by atoms with E-state index in [2.05, 4.69) is 43.3 Å². The van der Waals surface area contributed by atoms with Crippen molar-refractivity contribution >= 4 is 5.91 Å². The van der Waals surface area contributed by atoms with Gasteiger partial charge in [0.25, 0.3) is 5.91 Å². The summed E-state index contributed by atoms with van der Waals surface area (Å²) < 4.78 is 5.09. The number of benzene rings is 1. The highest BCUT2D eigenvalue weighted by Crippen LogP contribution is 2.26. The number of likely N-dealkylation sites (tertiary alicyclic amines) is 1. The van der Waals surface area contributed by atoms with Gasteiger partial charge in [0.05, 0.1) is 5.69 Å². The number of piperidine rings is 1. The third kappa shape index (κ3) is 4.80. The highest BCUT2D eigenvalue weighted by molar-refractivity contribution is 5.86. The van der Waals surface area contributed by atoms with Gasteiger partial charge >= 0.3 is 0 Å². The van der Waals surface area contributed by atoms with Gasteiger partial charge in [-0.05, 0) is 43.9 Å². The average Bonchev–Trinajstić information content (AvgIpc) is 3.04. The maximum Gasteiger partial charge on any atom is 0.256 e. The standard InChI is InChI=1S/C22H31N3O3/c1-16(2)19-8-6-18(7-9-19)13-25-11-5-10-22(27,21(25)26)15-24(4)14-20-12-17(3)28-23-20/h6-9,12,16,27H,5,10-11,13-15H2,1-4H3. The number of rotatable bonds is 7. The second-order valence-corrected chi connectivity index (χ2v) is 8.36. The lowest BCUT2D eigenvalue weighted by Crippen LogP contribution is -2.57. The number of amides is 1. The molecule has 1 aromatic heterocycles. The molecule has 3 rings (SSSR count). The Morgan fingerprint density at radius 2 is 2.04 bits per heavy atom. The van der Waals surface area contributed by atoms with Gasteiger partial charge in [-0.1, -0.05) is 43.3 Å². The van der Waals surface area contributed by atoms with Gasteiger partial charge in [0, 0.05) is 32.2 Å². The summed E-state index contributed by atoms with van der Waals surface area (Å²) in [6, 6.07) is 10.3. The van der Waals surface area contributed by atoms with Crippen LogP contribution in [0.15, 0.2) is 34.9 Å². The van der Waals surface area contributed by atoms with Crippen LogP contribution in [-0.2, 0) is 17.9 Å². The van der Waals surface area contributed by atoms with E-state index in [1.165, 1.54) is 5.56 Å². The Hall–Kier alpha value is -2.18. The number of hydrogen-bond donors (Lipinski definition) is 1. The SMILES string of the molecule is Cc1cc(CN(C)CC2(O)CCCN(Cc3ccc(C(C)C)cc3)C2=O)no1. The molecule has 1 amide bonds. The van der Waals surface area contributed by atoms with Gasteiger partial charge in [-0.3, -0.25) is 9.69 Å². The van der Waals surface area contributed by atoms with Crippen molar-refractivity contribution in [3.8, 4) is 0 Å². The van der Waals surface area contributed by atoms with E-state index < -0.39 is 5.60 Å². The molecule has 1 aliphatic rings. The van der Waals surface area contributed by atoms with E-state index in [0.717, 1.165) is 23.4 Å². The van der Waals surface area contributed by atoms with Crippen LogP contribution in [0.5, 0.6) is 0 Å². The zero-order valence-corrected chi connectivity index (χ0v) is 17.3. The van der Waals surface area contributed by atoms with Gasteiger partial charge in [-0.25, -0.2) is 0 Å². The number of likely N-dealkylation sites (N-methyl/N-ethyl adjacent to an activating group) is 1. The van der Waals surface area contributed by atoms with Crippen LogP contribution in [0.3, 0.4) is 0 Å². The minimum atomic E-state index is -1.36. The fraction of sp³-hybridized carbons (Fsp3) is 0.545. The molecule has 1 unspecified atom stereocenters. The highest BCUT2D eigenvalue weighted by Gasteiger charge is 2.42. The summed E-state index contributed by atoms with van der Waals surface area (Å²) in [5.74, 6) is 1.06. The molecule has 6 nitrogen and oxygen atoms in total. The molecule has 0 spiro atoms. The molecule has 0 radical (unpaired) electrons. The maximum atomic E-state index is 13.0.